The molecule has 0 saturated heterocycles. The van der Waals surface area contributed by atoms with Crippen molar-refractivity contribution < 1.29 is 9.47 Å². The molecule has 6 aromatic rings. The van der Waals surface area contributed by atoms with Crippen LogP contribution >= 0.6 is 22.7 Å². The van der Waals surface area contributed by atoms with E-state index in [1.54, 1.807) is 5.56 Å². The summed E-state index contributed by atoms with van der Waals surface area (Å²) in [5.74, 6) is 3.88. The van der Waals surface area contributed by atoms with Gasteiger partial charge in [-0.05, 0) is 89.6 Å². The third-order valence-electron chi connectivity index (χ3n) is 8.92. The highest BCUT2D eigenvalue weighted by Gasteiger charge is 2.43. The Bertz CT molecular complexity index is 2060. The van der Waals surface area contributed by atoms with Crippen LogP contribution in [0.15, 0.2) is 54.6 Å². The summed E-state index contributed by atoms with van der Waals surface area (Å²) < 4.78 is 18.8. The van der Waals surface area contributed by atoms with E-state index < -0.39 is 0 Å². The van der Waals surface area contributed by atoms with Gasteiger partial charge in [0.25, 0.3) is 6.71 Å². The minimum absolute atomic E-state index is 0.0798. The first-order chi connectivity index (χ1) is 18.8. The van der Waals surface area contributed by atoms with Gasteiger partial charge >= 0.3 is 0 Å². The van der Waals surface area contributed by atoms with E-state index >= 15 is 0 Å². The Hall–Kier alpha value is -3.28. The number of thiophene rings is 2. The molecule has 9 rings (SSSR count). The lowest BCUT2D eigenvalue weighted by Crippen LogP contribution is -2.56. The van der Waals surface area contributed by atoms with Crippen molar-refractivity contribution in [3.05, 3.63) is 76.9 Å². The van der Waals surface area contributed by atoms with Crippen molar-refractivity contribution in [1.29, 1.82) is 0 Å². The van der Waals surface area contributed by atoms with Crippen molar-refractivity contribution in [2.24, 2.45) is 0 Å². The van der Waals surface area contributed by atoms with Crippen LogP contribution in [0, 0.1) is 6.92 Å². The monoisotopic (exact) mass is 542 g/mol. The molecule has 2 aliphatic heterocycles. The van der Waals surface area contributed by atoms with Gasteiger partial charge in [-0.3, -0.25) is 0 Å². The largest absolute Gasteiger partial charge is 0.458 e. The Balaban J connectivity index is 1.34. The number of hydrogen-bond donors (Lipinski definition) is 0. The summed E-state index contributed by atoms with van der Waals surface area (Å²) in [6.07, 6.45) is 3.68. The number of hydrogen-bond acceptors (Lipinski definition) is 4. The molecule has 4 heterocycles. The second-order valence-corrected chi connectivity index (χ2v) is 14.6. The van der Waals surface area contributed by atoms with E-state index in [2.05, 4.69) is 82.3 Å². The molecule has 2 nitrogen and oxygen atoms in total. The summed E-state index contributed by atoms with van der Waals surface area (Å²) in [5, 5.41) is 3.97. The fourth-order valence-corrected chi connectivity index (χ4v) is 9.51. The molecular formula is C34H27BO2S2. The van der Waals surface area contributed by atoms with Gasteiger partial charge in [0.1, 0.15) is 23.0 Å². The normalized spacial score (nSPS) is 15.2. The summed E-state index contributed by atoms with van der Waals surface area (Å²) in [7, 11) is 0. The SMILES string of the molecule is Cc1cc2c3c(c1)Oc1c(sc4ccc(C(C)(C)C)cc14)B3c1cc3c(cc1O2)sc1c2c(ccc13)CCC2. The van der Waals surface area contributed by atoms with Gasteiger partial charge in [-0.25, -0.2) is 0 Å². The third-order valence-corrected chi connectivity index (χ3v) is 11.4. The molecule has 0 unspecified atom stereocenters. The molecule has 3 aliphatic rings. The zero-order valence-electron chi connectivity index (χ0n) is 22.5. The highest BCUT2D eigenvalue weighted by atomic mass is 32.1. The molecular weight excluding hydrogens is 515 g/mol. The fourth-order valence-electron chi connectivity index (χ4n) is 6.96. The molecule has 0 N–H and O–H groups in total. The van der Waals surface area contributed by atoms with E-state index in [0.29, 0.717) is 0 Å². The summed E-state index contributed by atoms with van der Waals surface area (Å²) >= 11 is 3.82. The standard InChI is InChI=1S/C34H27BO2S2/c1-17-12-26-30-27(13-17)37-31-23-14-19(34(2,3)4)9-11-28(23)39-33(31)35(30)24-15-22-21-10-8-18-6-5-7-20(18)32(21)38-29(22)16-25(24)36-26/h8-16H,5-7H2,1-4H3. The molecule has 0 bridgehead atoms. The average Bonchev–Trinajstić information content (AvgIpc) is 3.61. The first-order valence-electron chi connectivity index (χ1n) is 13.9. The lowest BCUT2D eigenvalue weighted by molar-refractivity contribution is 0.467. The zero-order chi connectivity index (χ0) is 26.2. The smallest absolute Gasteiger partial charge is 0.273 e. The lowest BCUT2D eigenvalue weighted by Gasteiger charge is -2.31. The predicted molar refractivity (Wildman–Crippen MR) is 168 cm³/mol. The van der Waals surface area contributed by atoms with Crippen LogP contribution in [0.3, 0.4) is 0 Å². The van der Waals surface area contributed by atoms with Crippen LogP contribution < -0.4 is 25.2 Å². The molecule has 2 aromatic heterocycles. The summed E-state index contributed by atoms with van der Waals surface area (Å²) in [6, 6.07) is 20.7. The Morgan fingerprint density at radius 1 is 0.769 bits per heavy atom. The van der Waals surface area contributed by atoms with Crippen molar-refractivity contribution in [1.82, 2.24) is 0 Å². The molecule has 0 saturated carbocycles. The topological polar surface area (TPSA) is 18.5 Å². The zero-order valence-corrected chi connectivity index (χ0v) is 24.2. The van der Waals surface area contributed by atoms with E-state index in [4.69, 9.17) is 9.47 Å². The maximum absolute atomic E-state index is 6.77. The Kier molecular flexibility index (Phi) is 4.31. The number of rotatable bonds is 0. The summed E-state index contributed by atoms with van der Waals surface area (Å²) in [5.41, 5.74) is 8.11. The van der Waals surface area contributed by atoms with Gasteiger partial charge in [-0.15, -0.1) is 22.7 Å². The van der Waals surface area contributed by atoms with Crippen LogP contribution in [0.25, 0.3) is 30.3 Å². The molecule has 5 heteroatoms. The molecule has 1 aliphatic carbocycles. The van der Waals surface area contributed by atoms with Crippen LogP contribution in [0.5, 0.6) is 23.0 Å². The molecule has 0 fully saturated rings. The van der Waals surface area contributed by atoms with E-state index in [1.165, 1.54) is 76.3 Å². The average molecular weight is 543 g/mol. The van der Waals surface area contributed by atoms with Crippen molar-refractivity contribution in [2.75, 3.05) is 0 Å². The van der Waals surface area contributed by atoms with Crippen LogP contribution in [0.4, 0.5) is 0 Å². The van der Waals surface area contributed by atoms with Crippen LogP contribution in [-0.2, 0) is 18.3 Å². The minimum atomic E-state index is 0.0798. The van der Waals surface area contributed by atoms with Gasteiger partial charge in [-0.2, -0.15) is 0 Å². The summed E-state index contributed by atoms with van der Waals surface area (Å²) in [6.45, 7) is 9.06. The lowest BCUT2D eigenvalue weighted by atomic mass is 9.37. The van der Waals surface area contributed by atoms with Gasteiger partial charge in [-0.1, -0.05) is 45.0 Å². The summed E-state index contributed by atoms with van der Waals surface area (Å²) in [4.78, 5) is 0. The molecule has 39 heavy (non-hydrogen) atoms. The Labute approximate surface area is 236 Å². The second-order valence-electron chi connectivity index (χ2n) is 12.5. The van der Waals surface area contributed by atoms with Crippen LogP contribution in [0.1, 0.15) is 49.4 Å². The van der Waals surface area contributed by atoms with Gasteiger partial charge in [0.2, 0.25) is 0 Å². The first-order valence-corrected chi connectivity index (χ1v) is 15.5. The molecule has 0 atom stereocenters. The van der Waals surface area contributed by atoms with Crippen molar-refractivity contribution in [2.45, 2.75) is 52.4 Å². The maximum Gasteiger partial charge on any atom is 0.273 e. The van der Waals surface area contributed by atoms with Crippen molar-refractivity contribution in [3.8, 4) is 23.0 Å². The van der Waals surface area contributed by atoms with Gasteiger partial charge in [0.05, 0.1) is 0 Å². The number of ether oxygens (including phenoxy) is 2. The predicted octanol–water partition coefficient (Wildman–Crippen LogP) is 8.09. The van der Waals surface area contributed by atoms with E-state index in [9.17, 15) is 0 Å². The molecule has 4 aromatic carbocycles. The molecule has 190 valence electrons. The number of aryl methyl sites for hydroxylation is 3. The van der Waals surface area contributed by atoms with E-state index in [0.717, 1.165) is 28.6 Å². The van der Waals surface area contributed by atoms with Crippen molar-refractivity contribution in [3.63, 3.8) is 0 Å². The molecule has 0 amide bonds. The highest BCUT2D eigenvalue weighted by Crippen LogP contribution is 2.45. The van der Waals surface area contributed by atoms with Crippen LogP contribution in [0.2, 0.25) is 0 Å². The maximum atomic E-state index is 6.77. The van der Waals surface area contributed by atoms with Gasteiger partial charge in [0.15, 0.2) is 0 Å². The van der Waals surface area contributed by atoms with E-state index in [-0.39, 0.29) is 12.1 Å². The second kappa shape index (κ2) is 7.47. The fraction of sp³-hybridized carbons (Fsp3) is 0.235. The van der Waals surface area contributed by atoms with Crippen molar-refractivity contribution >= 4 is 75.3 Å². The Morgan fingerprint density at radius 3 is 2.46 bits per heavy atom. The number of fused-ring (bicyclic) bond motifs is 11. The Morgan fingerprint density at radius 2 is 1.62 bits per heavy atom. The van der Waals surface area contributed by atoms with E-state index in [1.807, 2.05) is 22.7 Å². The first kappa shape index (κ1) is 22.5. The molecule has 0 radical (unpaired) electrons. The molecule has 0 spiro atoms. The number of benzene rings is 4. The van der Waals surface area contributed by atoms with Crippen LogP contribution in [-0.4, -0.2) is 6.71 Å². The van der Waals surface area contributed by atoms with Gasteiger partial charge < -0.3 is 9.47 Å². The minimum Gasteiger partial charge on any atom is -0.458 e. The third kappa shape index (κ3) is 3.03. The van der Waals surface area contributed by atoms with Gasteiger partial charge in [0, 0.05) is 40.5 Å². The highest BCUT2D eigenvalue weighted by molar-refractivity contribution is 7.33. The quantitative estimate of drug-likeness (QED) is 0.180.